The lowest BCUT2D eigenvalue weighted by Gasteiger charge is -1.82. The lowest BCUT2D eigenvalue weighted by Crippen LogP contribution is -1.72. The molecule has 0 aliphatic rings. The van der Waals surface area contributed by atoms with Crippen LogP contribution in [0, 0.1) is 27.7 Å². The van der Waals surface area contributed by atoms with Crippen LogP contribution >= 0.6 is 11.3 Å². The normalized spacial score (nSPS) is 8.77. The van der Waals surface area contributed by atoms with Crippen molar-refractivity contribution < 1.29 is 0 Å². The van der Waals surface area contributed by atoms with E-state index >= 15 is 0 Å². The van der Waals surface area contributed by atoms with E-state index in [1.807, 2.05) is 69.6 Å². The van der Waals surface area contributed by atoms with Crippen molar-refractivity contribution in [2.24, 2.45) is 0 Å². The van der Waals surface area contributed by atoms with E-state index in [0.717, 1.165) is 16.5 Å². The number of pyridine rings is 2. The maximum atomic E-state index is 3.98. The van der Waals surface area contributed by atoms with Crippen LogP contribution in [0.15, 0.2) is 72.9 Å². The van der Waals surface area contributed by atoms with Crippen molar-refractivity contribution in [3.05, 3.63) is 95.0 Å². The predicted octanol–water partition coefficient (Wildman–Crippen LogP) is 4.95. The van der Waals surface area contributed by atoms with Crippen LogP contribution in [-0.4, -0.2) is 24.9 Å². The van der Waals surface area contributed by atoms with Gasteiger partial charge in [-0.15, -0.1) is 11.3 Å². The minimum Gasteiger partial charge on any atom is -0.349 e. The second-order valence-electron chi connectivity index (χ2n) is 5.23. The number of aromatic nitrogens is 5. The highest BCUT2D eigenvalue weighted by molar-refractivity contribution is 7.09. The van der Waals surface area contributed by atoms with Crippen LogP contribution in [-0.2, 0) is 0 Å². The van der Waals surface area contributed by atoms with Crippen LogP contribution in [0.4, 0.5) is 0 Å². The third kappa shape index (κ3) is 11.6. The average Bonchev–Trinajstić information content (AvgIpc) is 3.31. The first kappa shape index (κ1) is 21.2. The van der Waals surface area contributed by atoms with Crippen molar-refractivity contribution >= 4 is 11.3 Å². The van der Waals surface area contributed by atoms with Gasteiger partial charge in [0.2, 0.25) is 0 Å². The first-order valence-corrected chi connectivity index (χ1v) is 9.02. The number of thiazole rings is 1. The first-order valence-electron chi connectivity index (χ1n) is 8.14. The number of H-pyrrole nitrogens is 1. The highest BCUT2D eigenvalue weighted by atomic mass is 32.1. The molecule has 4 heterocycles. The Morgan fingerprint density at radius 1 is 0.808 bits per heavy atom. The van der Waals surface area contributed by atoms with Gasteiger partial charge in [0.1, 0.15) is 5.82 Å². The fourth-order valence-corrected chi connectivity index (χ4v) is 1.98. The van der Waals surface area contributed by atoms with E-state index in [1.54, 1.807) is 42.3 Å². The Morgan fingerprint density at radius 2 is 1.65 bits per heavy atom. The molecule has 0 aliphatic carbocycles. The number of rotatable bonds is 0. The summed E-state index contributed by atoms with van der Waals surface area (Å²) in [6.07, 6.45) is 10.7. The van der Waals surface area contributed by atoms with E-state index in [2.05, 4.69) is 24.9 Å². The summed E-state index contributed by atoms with van der Waals surface area (Å²) in [7, 11) is 0. The summed E-state index contributed by atoms with van der Waals surface area (Å²) < 4.78 is 0. The molecule has 0 spiro atoms. The number of imidazole rings is 1. The van der Waals surface area contributed by atoms with Gasteiger partial charge in [-0.25, -0.2) is 4.98 Å². The lowest BCUT2D eigenvalue weighted by atomic mass is 10.3. The third-order valence-corrected chi connectivity index (χ3v) is 3.52. The zero-order valence-corrected chi connectivity index (χ0v) is 16.4. The lowest BCUT2D eigenvalue weighted by molar-refractivity contribution is 1.15. The quantitative estimate of drug-likeness (QED) is 0.477. The van der Waals surface area contributed by atoms with Gasteiger partial charge in [0.15, 0.2) is 0 Å². The standard InChI is InChI=1S/2C6H7N.C4H6N2.C4H5NS/c1-6-3-2-4-7-5-6;1-6-4-2-3-5-7-6;2*1-4-5-2-3-6-4/h2*2-5H,1H3;2-3H,1H3,(H,5,6);2-3H,1H3. The Morgan fingerprint density at radius 3 is 1.88 bits per heavy atom. The van der Waals surface area contributed by atoms with Gasteiger partial charge in [0, 0.05) is 48.3 Å². The molecule has 26 heavy (non-hydrogen) atoms. The molecule has 6 heteroatoms. The summed E-state index contributed by atoms with van der Waals surface area (Å²) in [5, 5.41) is 3.10. The molecule has 0 amide bonds. The van der Waals surface area contributed by atoms with Crippen molar-refractivity contribution in [1.82, 2.24) is 24.9 Å². The molecule has 0 aromatic carbocycles. The summed E-state index contributed by atoms with van der Waals surface area (Å²) in [5.41, 5.74) is 2.28. The minimum absolute atomic E-state index is 0.968. The molecule has 4 aromatic heterocycles. The monoisotopic (exact) mass is 367 g/mol. The Hall–Kier alpha value is -2.86. The Bertz CT molecular complexity index is 700. The summed E-state index contributed by atoms with van der Waals surface area (Å²) >= 11 is 1.67. The maximum Gasteiger partial charge on any atom is 0.102 e. The van der Waals surface area contributed by atoms with Crippen LogP contribution in [0.1, 0.15) is 22.1 Å². The van der Waals surface area contributed by atoms with Crippen LogP contribution in [0.3, 0.4) is 0 Å². The minimum atomic E-state index is 0.968. The van der Waals surface area contributed by atoms with Gasteiger partial charge in [-0.3, -0.25) is 15.0 Å². The number of hydrogen-bond acceptors (Lipinski definition) is 5. The average molecular weight is 368 g/mol. The zero-order chi connectivity index (χ0) is 19.0. The Balaban J connectivity index is 0.000000174. The highest BCUT2D eigenvalue weighted by Gasteiger charge is 1.76. The largest absolute Gasteiger partial charge is 0.349 e. The zero-order valence-electron chi connectivity index (χ0n) is 15.6. The van der Waals surface area contributed by atoms with Gasteiger partial charge >= 0.3 is 0 Å². The number of aryl methyl sites for hydroxylation is 4. The molecule has 0 fully saturated rings. The van der Waals surface area contributed by atoms with E-state index in [9.17, 15) is 0 Å². The smallest absolute Gasteiger partial charge is 0.102 e. The molecule has 136 valence electrons. The van der Waals surface area contributed by atoms with Gasteiger partial charge in [0.25, 0.3) is 0 Å². The second-order valence-corrected chi connectivity index (χ2v) is 6.33. The van der Waals surface area contributed by atoms with Crippen molar-refractivity contribution in [1.29, 1.82) is 0 Å². The molecule has 0 radical (unpaired) electrons. The predicted molar refractivity (Wildman–Crippen MR) is 108 cm³/mol. The number of nitrogens with one attached hydrogen (secondary N) is 1. The molecule has 4 aromatic rings. The molecule has 0 atom stereocenters. The molecule has 0 unspecified atom stereocenters. The Labute approximate surface area is 159 Å². The SMILES string of the molecule is Cc1ccccn1.Cc1cccnc1.Cc1ncc[nH]1.Cc1nccs1. The van der Waals surface area contributed by atoms with Gasteiger partial charge < -0.3 is 4.98 Å². The molecular formula is C20H25N5S. The van der Waals surface area contributed by atoms with Gasteiger partial charge in [-0.1, -0.05) is 12.1 Å². The van der Waals surface area contributed by atoms with E-state index in [1.165, 1.54) is 5.56 Å². The van der Waals surface area contributed by atoms with Crippen molar-refractivity contribution in [2.75, 3.05) is 0 Å². The molecule has 0 saturated carbocycles. The van der Waals surface area contributed by atoms with Crippen molar-refractivity contribution in [3.63, 3.8) is 0 Å². The molecule has 5 nitrogen and oxygen atoms in total. The van der Waals surface area contributed by atoms with Crippen LogP contribution in [0.2, 0.25) is 0 Å². The first-order chi connectivity index (χ1) is 12.6. The van der Waals surface area contributed by atoms with E-state index in [4.69, 9.17) is 0 Å². The number of aromatic amines is 1. The van der Waals surface area contributed by atoms with E-state index < -0.39 is 0 Å². The summed E-state index contributed by atoms with van der Waals surface area (Å²) in [5.74, 6) is 0.968. The molecule has 0 bridgehead atoms. The van der Waals surface area contributed by atoms with Crippen LogP contribution in [0.5, 0.6) is 0 Å². The molecule has 1 N–H and O–H groups in total. The van der Waals surface area contributed by atoms with E-state index in [-0.39, 0.29) is 0 Å². The summed E-state index contributed by atoms with van der Waals surface area (Å²) in [6.45, 7) is 7.90. The van der Waals surface area contributed by atoms with E-state index in [0.29, 0.717) is 0 Å². The van der Waals surface area contributed by atoms with Gasteiger partial charge in [0.05, 0.1) is 5.01 Å². The number of hydrogen-bond donors (Lipinski definition) is 1. The highest BCUT2D eigenvalue weighted by Crippen LogP contribution is 1.98. The summed E-state index contributed by atoms with van der Waals surface area (Å²) in [4.78, 5) is 18.5. The number of nitrogens with zero attached hydrogens (tertiary/aromatic N) is 4. The van der Waals surface area contributed by atoms with Crippen molar-refractivity contribution in [2.45, 2.75) is 27.7 Å². The van der Waals surface area contributed by atoms with Gasteiger partial charge in [-0.2, -0.15) is 0 Å². The fraction of sp³-hybridized carbons (Fsp3) is 0.200. The summed E-state index contributed by atoms with van der Waals surface area (Å²) in [6, 6.07) is 9.80. The van der Waals surface area contributed by atoms with Gasteiger partial charge in [-0.05, 0) is 51.5 Å². The Kier molecular flexibility index (Phi) is 10.9. The maximum absolute atomic E-state index is 3.98. The fourth-order valence-electron chi connectivity index (χ4n) is 1.54. The van der Waals surface area contributed by atoms with Crippen LogP contribution in [0.25, 0.3) is 0 Å². The molecule has 0 saturated heterocycles. The third-order valence-electron chi connectivity index (χ3n) is 2.81. The molecule has 4 rings (SSSR count). The topological polar surface area (TPSA) is 67.3 Å². The second kappa shape index (κ2) is 13.4. The van der Waals surface area contributed by atoms with Crippen molar-refractivity contribution in [3.8, 4) is 0 Å². The molecular weight excluding hydrogens is 342 g/mol. The van der Waals surface area contributed by atoms with Crippen LogP contribution < -0.4 is 0 Å². The molecule has 0 aliphatic heterocycles.